The molecule has 3 atom stereocenters. The maximum Gasteiger partial charge on any atom is 0.0903 e. The molecule has 0 aromatic rings. The molecule has 3 unspecified atom stereocenters. The normalized spacial score (nSPS) is 38.6. The van der Waals surface area contributed by atoms with E-state index in [9.17, 15) is 0 Å². The SMILES string of the molecule is CC1=CCC(OCCOC2C(Cl)CC(C)CC2Cl)CC1. The fourth-order valence-electron chi connectivity index (χ4n) is 3.06. The summed E-state index contributed by atoms with van der Waals surface area (Å²) in [6, 6.07) is 0. The molecule has 1 fully saturated rings. The van der Waals surface area contributed by atoms with Gasteiger partial charge in [0.15, 0.2) is 0 Å². The zero-order valence-electron chi connectivity index (χ0n) is 12.5. The molecule has 2 aliphatic rings. The molecule has 116 valence electrons. The van der Waals surface area contributed by atoms with E-state index in [0.717, 1.165) is 32.1 Å². The van der Waals surface area contributed by atoms with Crippen LogP contribution in [0.4, 0.5) is 0 Å². The number of alkyl halides is 2. The van der Waals surface area contributed by atoms with E-state index in [-0.39, 0.29) is 16.9 Å². The van der Waals surface area contributed by atoms with Crippen molar-refractivity contribution in [2.45, 2.75) is 68.9 Å². The van der Waals surface area contributed by atoms with Crippen molar-refractivity contribution in [1.29, 1.82) is 0 Å². The summed E-state index contributed by atoms with van der Waals surface area (Å²) in [6.45, 7) is 5.61. The summed E-state index contributed by atoms with van der Waals surface area (Å²) in [7, 11) is 0. The van der Waals surface area contributed by atoms with Crippen molar-refractivity contribution in [2.24, 2.45) is 5.92 Å². The van der Waals surface area contributed by atoms with Gasteiger partial charge in [0, 0.05) is 0 Å². The van der Waals surface area contributed by atoms with Crippen molar-refractivity contribution < 1.29 is 9.47 Å². The van der Waals surface area contributed by atoms with Gasteiger partial charge in [-0.25, -0.2) is 0 Å². The van der Waals surface area contributed by atoms with Crippen LogP contribution in [0, 0.1) is 5.92 Å². The maximum absolute atomic E-state index is 6.36. The number of hydrogen-bond donors (Lipinski definition) is 0. The van der Waals surface area contributed by atoms with Gasteiger partial charge in [0.05, 0.1) is 36.2 Å². The van der Waals surface area contributed by atoms with Gasteiger partial charge < -0.3 is 9.47 Å². The van der Waals surface area contributed by atoms with Crippen LogP contribution < -0.4 is 0 Å². The van der Waals surface area contributed by atoms with E-state index in [1.54, 1.807) is 0 Å². The molecule has 0 aromatic carbocycles. The minimum Gasteiger partial charge on any atom is -0.375 e. The van der Waals surface area contributed by atoms with Gasteiger partial charge in [0.1, 0.15) is 0 Å². The average molecular weight is 321 g/mol. The highest BCUT2D eigenvalue weighted by Crippen LogP contribution is 2.33. The molecule has 20 heavy (non-hydrogen) atoms. The molecule has 2 rings (SSSR count). The Balaban J connectivity index is 1.63. The lowest BCUT2D eigenvalue weighted by molar-refractivity contribution is -0.0341. The zero-order valence-corrected chi connectivity index (χ0v) is 14.0. The van der Waals surface area contributed by atoms with Crippen molar-refractivity contribution in [3.8, 4) is 0 Å². The summed E-state index contributed by atoms with van der Waals surface area (Å²) in [4.78, 5) is 0. The second-order valence-corrected chi connectivity index (χ2v) is 7.38. The number of rotatable bonds is 5. The second kappa shape index (κ2) is 8.03. The first-order valence-electron chi connectivity index (χ1n) is 7.73. The Morgan fingerprint density at radius 1 is 1.15 bits per heavy atom. The third-order valence-corrected chi connectivity index (χ3v) is 5.16. The average Bonchev–Trinajstić information content (AvgIpc) is 2.39. The Morgan fingerprint density at radius 2 is 1.80 bits per heavy atom. The highest BCUT2D eigenvalue weighted by atomic mass is 35.5. The third kappa shape index (κ3) is 4.91. The van der Waals surface area contributed by atoms with Crippen LogP contribution >= 0.6 is 23.2 Å². The molecule has 0 aromatic heterocycles. The van der Waals surface area contributed by atoms with Gasteiger partial charge >= 0.3 is 0 Å². The van der Waals surface area contributed by atoms with Crippen LogP contribution in [0.2, 0.25) is 0 Å². The van der Waals surface area contributed by atoms with Crippen molar-refractivity contribution >= 4 is 23.2 Å². The second-order valence-electron chi connectivity index (χ2n) is 6.26. The summed E-state index contributed by atoms with van der Waals surface area (Å²) in [5.41, 5.74) is 1.48. The molecular formula is C16H26Cl2O2. The zero-order chi connectivity index (χ0) is 14.5. The van der Waals surface area contributed by atoms with Gasteiger partial charge in [-0.2, -0.15) is 0 Å². The first-order valence-corrected chi connectivity index (χ1v) is 8.60. The number of hydrogen-bond acceptors (Lipinski definition) is 2. The number of allylic oxidation sites excluding steroid dienone is 1. The highest BCUT2D eigenvalue weighted by Gasteiger charge is 2.34. The molecular weight excluding hydrogens is 295 g/mol. The lowest BCUT2D eigenvalue weighted by Gasteiger charge is -2.35. The molecule has 4 heteroatoms. The van der Waals surface area contributed by atoms with Crippen LogP contribution in [0.25, 0.3) is 0 Å². The number of halogens is 2. The molecule has 0 radical (unpaired) electrons. The lowest BCUT2D eigenvalue weighted by Crippen LogP contribution is -2.41. The predicted molar refractivity (Wildman–Crippen MR) is 84.8 cm³/mol. The molecule has 0 N–H and O–H groups in total. The molecule has 2 nitrogen and oxygen atoms in total. The Labute approximate surface area is 132 Å². The standard InChI is InChI=1S/C16H26Cl2O2/c1-11-3-5-13(6-4-11)19-7-8-20-16-14(17)9-12(2)10-15(16)18/h3,12-16H,4-10H2,1-2H3. The fourth-order valence-corrected chi connectivity index (χ4v) is 4.24. The van der Waals surface area contributed by atoms with Gasteiger partial charge in [-0.3, -0.25) is 0 Å². The Kier molecular flexibility index (Phi) is 6.67. The van der Waals surface area contributed by atoms with Crippen molar-refractivity contribution in [3.05, 3.63) is 11.6 Å². The Hall–Kier alpha value is 0.240. The largest absolute Gasteiger partial charge is 0.375 e. The molecule has 0 saturated heterocycles. The van der Waals surface area contributed by atoms with Gasteiger partial charge in [0.2, 0.25) is 0 Å². The van der Waals surface area contributed by atoms with E-state index >= 15 is 0 Å². The smallest absolute Gasteiger partial charge is 0.0903 e. The molecule has 0 bridgehead atoms. The van der Waals surface area contributed by atoms with Crippen LogP contribution in [-0.4, -0.2) is 36.2 Å². The van der Waals surface area contributed by atoms with Crippen molar-refractivity contribution in [3.63, 3.8) is 0 Å². The van der Waals surface area contributed by atoms with E-state index < -0.39 is 0 Å². The summed E-state index contributed by atoms with van der Waals surface area (Å²) < 4.78 is 11.7. The molecule has 1 saturated carbocycles. The van der Waals surface area contributed by atoms with Gasteiger partial charge in [0.25, 0.3) is 0 Å². The Morgan fingerprint density at radius 3 is 2.40 bits per heavy atom. The van der Waals surface area contributed by atoms with Crippen LogP contribution in [0.15, 0.2) is 11.6 Å². The molecule has 0 heterocycles. The van der Waals surface area contributed by atoms with Crippen LogP contribution in [0.3, 0.4) is 0 Å². The van der Waals surface area contributed by atoms with E-state index in [4.69, 9.17) is 32.7 Å². The fraction of sp³-hybridized carbons (Fsp3) is 0.875. The van der Waals surface area contributed by atoms with Gasteiger partial charge in [-0.05, 0) is 44.9 Å². The van der Waals surface area contributed by atoms with Gasteiger partial charge in [-0.1, -0.05) is 18.6 Å². The van der Waals surface area contributed by atoms with Crippen molar-refractivity contribution in [1.82, 2.24) is 0 Å². The van der Waals surface area contributed by atoms with E-state index in [2.05, 4.69) is 19.9 Å². The monoisotopic (exact) mass is 320 g/mol. The van der Waals surface area contributed by atoms with Crippen LogP contribution in [0.1, 0.15) is 46.0 Å². The number of ether oxygens (including phenoxy) is 2. The first-order chi connectivity index (χ1) is 9.56. The van der Waals surface area contributed by atoms with Crippen molar-refractivity contribution in [2.75, 3.05) is 13.2 Å². The van der Waals surface area contributed by atoms with Crippen LogP contribution in [0.5, 0.6) is 0 Å². The first kappa shape index (κ1) is 16.6. The maximum atomic E-state index is 6.36. The topological polar surface area (TPSA) is 18.5 Å². The summed E-state index contributed by atoms with van der Waals surface area (Å²) in [5, 5.41) is 0.0584. The minimum absolute atomic E-state index is 0.0292. The Bertz CT molecular complexity index is 320. The highest BCUT2D eigenvalue weighted by molar-refractivity contribution is 6.24. The van der Waals surface area contributed by atoms with Crippen LogP contribution in [-0.2, 0) is 9.47 Å². The molecule has 0 spiro atoms. The summed E-state index contributed by atoms with van der Waals surface area (Å²) in [6.07, 6.45) is 7.88. The van der Waals surface area contributed by atoms with E-state index in [1.807, 2.05) is 0 Å². The van der Waals surface area contributed by atoms with Gasteiger partial charge in [-0.15, -0.1) is 23.2 Å². The predicted octanol–water partition coefficient (Wildman–Crippen LogP) is 4.53. The van der Waals surface area contributed by atoms with E-state index in [0.29, 0.717) is 25.2 Å². The molecule has 0 amide bonds. The molecule has 0 aliphatic heterocycles. The van der Waals surface area contributed by atoms with E-state index in [1.165, 1.54) is 5.57 Å². The minimum atomic E-state index is -0.0355. The third-order valence-electron chi connectivity index (χ3n) is 4.31. The quantitative estimate of drug-likeness (QED) is 0.421. The lowest BCUT2D eigenvalue weighted by atomic mass is 9.88. The molecule has 2 aliphatic carbocycles. The summed E-state index contributed by atoms with van der Waals surface area (Å²) in [5.74, 6) is 0.591. The summed E-state index contributed by atoms with van der Waals surface area (Å²) >= 11 is 12.7.